The Labute approximate surface area is 242 Å². The first-order chi connectivity index (χ1) is 19.1. The molecule has 1 N–H and O–H groups in total. The minimum absolute atomic E-state index is 0.288. The lowest BCUT2D eigenvalue weighted by atomic mass is 9.87. The highest BCUT2D eigenvalue weighted by atomic mass is 16.5. The van der Waals surface area contributed by atoms with E-state index in [1.165, 1.54) is 38.9 Å². The lowest BCUT2D eigenvalue weighted by Crippen LogP contribution is -2.48. The summed E-state index contributed by atoms with van der Waals surface area (Å²) < 4.78 is 5.29. The van der Waals surface area contributed by atoms with Crippen LogP contribution in [-0.4, -0.2) is 66.6 Å². The number of rotatable bonds is 11. The summed E-state index contributed by atoms with van der Waals surface area (Å²) in [5.41, 5.74) is 8.86. The minimum atomic E-state index is 0.288. The third kappa shape index (κ3) is 6.98. The number of hydrogen-bond donors (Lipinski definition) is 1. The highest BCUT2D eigenvalue weighted by Gasteiger charge is 2.27. The first-order valence-corrected chi connectivity index (χ1v) is 15.4. The fraction of sp³-hybridized carbons (Fsp3) is 0.571. The number of nitrogens with one attached hydrogen (secondary N) is 1. The molecule has 0 aliphatic carbocycles. The number of allylic oxidation sites excluding steroid dienone is 5. The Bertz CT molecular complexity index is 1250. The zero-order valence-corrected chi connectivity index (χ0v) is 26.0. The molecule has 2 aliphatic heterocycles. The van der Waals surface area contributed by atoms with Gasteiger partial charge in [0, 0.05) is 42.7 Å². The molecule has 3 heterocycles. The molecule has 1 unspecified atom stereocenters. The number of carbonyl (C=O) groups excluding carboxylic acids is 1. The Balaban J connectivity index is 1.52. The summed E-state index contributed by atoms with van der Waals surface area (Å²) in [6.45, 7) is 21.7. The van der Waals surface area contributed by atoms with Crippen LogP contribution in [0.3, 0.4) is 0 Å². The Kier molecular flexibility index (Phi) is 10.1. The highest BCUT2D eigenvalue weighted by Crippen LogP contribution is 2.38. The van der Waals surface area contributed by atoms with Crippen molar-refractivity contribution >= 4 is 22.4 Å². The number of ether oxygens (including phenoxy) is 1. The molecule has 1 aromatic heterocycles. The third-order valence-corrected chi connectivity index (χ3v) is 9.14. The molecule has 1 amide bonds. The molecule has 2 saturated heterocycles. The average Bonchev–Trinajstić information content (AvgIpc) is 3.28. The summed E-state index contributed by atoms with van der Waals surface area (Å²) in [5.74, 6) is 1.70. The molecule has 1 atom stereocenters. The number of aromatic amines is 1. The second kappa shape index (κ2) is 13.4. The topological polar surface area (TPSA) is 48.6 Å². The summed E-state index contributed by atoms with van der Waals surface area (Å²) in [6, 6.07) is 7.46. The Hall–Kier alpha value is -2.63. The number of nitrogens with zero attached hydrogens (tertiary/aromatic N) is 2. The fourth-order valence-corrected chi connectivity index (χ4v) is 6.03. The van der Waals surface area contributed by atoms with Crippen LogP contribution in [0.4, 0.5) is 0 Å². The van der Waals surface area contributed by atoms with Gasteiger partial charge in [-0.1, -0.05) is 63.6 Å². The second-order valence-electron chi connectivity index (χ2n) is 12.6. The largest absolute Gasteiger partial charge is 0.378 e. The van der Waals surface area contributed by atoms with Gasteiger partial charge in [0.1, 0.15) is 0 Å². The van der Waals surface area contributed by atoms with Crippen molar-refractivity contribution in [3.05, 3.63) is 64.9 Å². The Morgan fingerprint density at radius 1 is 1.18 bits per heavy atom. The molecule has 2 aromatic rings. The number of aromatic nitrogens is 1. The van der Waals surface area contributed by atoms with Gasteiger partial charge in [-0.2, -0.15) is 0 Å². The van der Waals surface area contributed by atoms with E-state index in [0.717, 1.165) is 57.7 Å². The van der Waals surface area contributed by atoms with Crippen molar-refractivity contribution in [3.63, 3.8) is 0 Å². The van der Waals surface area contributed by atoms with Crippen molar-refractivity contribution in [2.75, 3.05) is 39.9 Å². The number of fused-ring (bicyclic) bond motifs is 1. The molecule has 2 aliphatic rings. The van der Waals surface area contributed by atoms with Gasteiger partial charge in [-0.25, -0.2) is 0 Å². The zero-order valence-electron chi connectivity index (χ0n) is 26.0. The normalized spacial score (nSPS) is 18.6. The van der Waals surface area contributed by atoms with E-state index in [0.29, 0.717) is 30.2 Å². The second-order valence-corrected chi connectivity index (χ2v) is 12.6. The van der Waals surface area contributed by atoms with Gasteiger partial charge in [-0.3, -0.25) is 9.69 Å². The summed E-state index contributed by atoms with van der Waals surface area (Å²) in [4.78, 5) is 21.0. The summed E-state index contributed by atoms with van der Waals surface area (Å²) in [6.07, 6.45) is 8.34. The van der Waals surface area contributed by atoms with Crippen molar-refractivity contribution in [2.45, 2.75) is 85.1 Å². The Morgan fingerprint density at radius 3 is 2.45 bits per heavy atom. The first-order valence-electron chi connectivity index (χ1n) is 15.4. The number of hydrogen-bond acceptors (Lipinski definition) is 3. The van der Waals surface area contributed by atoms with E-state index in [1.54, 1.807) is 0 Å². The van der Waals surface area contributed by atoms with E-state index in [-0.39, 0.29) is 5.91 Å². The van der Waals surface area contributed by atoms with Gasteiger partial charge in [0.05, 0.1) is 19.3 Å². The molecule has 0 spiro atoms. The quantitative estimate of drug-likeness (QED) is 0.295. The number of likely N-dealkylation sites (tertiary alicyclic amines) is 1. The van der Waals surface area contributed by atoms with E-state index < -0.39 is 0 Å². The molecule has 4 rings (SSSR count). The molecular weight excluding hydrogens is 494 g/mol. The number of piperidine rings is 1. The van der Waals surface area contributed by atoms with Crippen LogP contribution >= 0.6 is 0 Å². The lowest BCUT2D eigenvalue weighted by molar-refractivity contribution is -0.133. The predicted octanol–water partition coefficient (Wildman–Crippen LogP) is 7.67. The maximum Gasteiger partial charge on any atom is 0.223 e. The molecule has 0 bridgehead atoms. The summed E-state index contributed by atoms with van der Waals surface area (Å²) in [7, 11) is 2.10. The molecule has 1 aromatic carbocycles. The number of amides is 1. The number of likely N-dealkylation sites (N-methyl/N-ethyl adjacent to an activating group) is 1. The molecule has 0 saturated carbocycles. The van der Waals surface area contributed by atoms with Gasteiger partial charge in [0.2, 0.25) is 5.91 Å². The molecule has 40 heavy (non-hydrogen) atoms. The van der Waals surface area contributed by atoms with Crippen LogP contribution in [0.5, 0.6) is 0 Å². The van der Waals surface area contributed by atoms with E-state index in [9.17, 15) is 4.79 Å². The lowest BCUT2D eigenvalue weighted by Gasteiger charge is -2.36. The maximum absolute atomic E-state index is 12.9. The van der Waals surface area contributed by atoms with Crippen LogP contribution in [0.15, 0.2) is 48.1 Å². The minimum Gasteiger partial charge on any atom is -0.378 e. The van der Waals surface area contributed by atoms with Crippen LogP contribution in [0.1, 0.15) is 95.9 Å². The third-order valence-electron chi connectivity index (χ3n) is 9.14. The smallest absolute Gasteiger partial charge is 0.223 e. The van der Waals surface area contributed by atoms with E-state index in [1.807, 2.05) is 0 Å². The highest BCUT2D eigenvalue weighted by molar-refractivity contribution is 5.92. The van der Waals surface area contributed by atoms with E-state index >= 15 is 0 Å². The van der Waals surface area contributed by atoms with Crippen molar-refractivity contribution in [3.8, 4) is 0 Å². The predicted molar refractivity (Wildman–Crippen MR) is 169 cm³/mol. The van der Waals surface area contributed by atoms with Crippen LogP contribution in [0.25, 0.3) is 16.5 Å². The van der Waals surface area contributed by atoms with Gasteiger partial charge in [0.25, 0.3) is 0 Å². The van der Waals surface area contributed by atoms with Crippen LogP contribution in [0.2, 0.25) is 0 Å². The zero-order chi connectivity index (χ0) is 29.0. The van der Waals surface area contributed by atoms with Crippen LogP contribution in [-0.2, 0) is 9.53 Å². The van der Waals surface area contributed by atoms with E-state index in [2.05, 4.69) is 100 Å². The van der Waals surface area contributed by atoms with E-state index in [4.69, 9.17) is 4.74 Å². The Morgan fingerprint density at radius 2 is 1.88 bits per heavy atom. The van der Waals surface area contributed by atoms with Crippen LogP contribution < -0.4 is 0 Å². The van der Waals surface area contributed by atoms with Gasteiger partial charge in [0.15, 0.2) is 0 Å². The maximum atomic E-state index is 12.9. The number of benzene rings is 1. The standard InChI is InChI=1S/C35H51N3O2/c1-9-25(6)26(7)19-29(18-23(2)3)35-34(24(4)5)31-20-28(10-11-32(31)36-35)27-12-16-38(17-13-27)33(39)14-15-37(8)30-21-40-22-30/h10-11,18-20,24-25,27,30,36H,2,9,12-17,21-22H2,1,3-8H3/b26-19-,29-18+. The van der Waals surface area contributed by atoms with Crippen LogP contribution in [0, 0.1) is 5.92 Å². The van der Waals surface area contributed by atoms with Gasteiger partial charge >= 0.3 is 0 Å². The molecule has 5 nitrogen and oxygen atoms in total. The first kappa shape index (κ1) is 30.3. The molecule has 2 fully saturated rings. The average molecular weight is 546 g/mol. The molecular formula is C35H51N3O2. The monoisotopic (exact) mass is 545 g/mol. The SMILES string of the molecule is C=C(C)/C=C(\C=C(\C)C(C)CC)c1[nH]c2ccc(C3CCN(C(=O)CCN(C)C4COC4)CC3)cc2c1C(C)C. The van der Waals surface area contributed by atoms with Crippen molar-refractivity contribution in [2.24, 2.45) is 5.92 Å². The van der Waals surface area contributed by atoms with Gasteiger partial charge < -0.3 is 14.6 Å². The van der Waals surface area contributed by atoms with Crippen molar-refractivity contribution < 1.29 is 9.53 Å². The van der Waals surface area contributed by atoms with Gasteiger partial charge in [-0.05, 0) is 86.7 Å². The summed E-state index contributed by atoms with van der Waals surface area (Å²) >= 11 is 0. The molecule has 218 valence electrons. The van der Waals surface area contributed by atoms with Crippen molar-refractivity contribution in [1.82, 2.24) is 14.8 Å². The molecule has 5 heteroatoms. The molecule has 0 radical (unpaired) electrons. The number of H-pyrrole nitrogens is 1. The van der Waals surface area contributed by atoms with Gasteiger partial charge in [-0.15, -0.1) is 0 Å². The van der Waals surface area contributed by atoms with Crippen molar-refractivity contribution in [1.29, 1.82) is 0 Å². The summed E-state index contributed by atoms with van der Waals surface area (Å²) in [5, 5.41) is 1.33. The number of carbonyl (C=O) groups is 1. The fourth-order valence-electron chi connectivity index (χ4n) is 6.03.